The fraction of sp³-hybridized carbons (Fsp3) is 1.00. The summed E-state index contributed by atoms with van der Waals surface area (Å²) in [5, 5.41) is 0. The van der Waals surface area contributed by atoms with E-state index in [1.807, 2.05) is 6.92 Å². The molecule has 0 radical (unpaired) electrons. The predicted molar refractivity (Wildman–Crippen MR) is 60.7 cm³/mol. The van der Waals surface area contributed by atoms with E-state index in [-0.39, 0.29) is 18.4 Å². The van der Waals surface area contributed by atoms with Gasteiger partial charge in [0.2, 0.25) is 10.0 Å². The van der Waals surface area contributed by atoms with Gasteiger partial charge in [-0.3, -0.25) is 0 Å². The van der Waals surface area contributed by atoms with Gasteiger partial charge in [0.25, 0.3) is 0 Å². The molecule has 0 amide bonds. The third kappa shape index (κ3) is 3.06. The van der Waals surface area contributed by atoms with Crippen LogP contribution in [0.1, 0.15) is 13.3 Å². The van der Waals surface area contributed by atoms with E-state index in [0.29, 0.717) is 18.3 Å². The van der Waals surface area contributed by atoms with Crippen molar-refractivity contribution in [1.29, 1.82) is 0 Å². The summed E-state index contributed by atoms with van der Waals surface area (Å²) in [5.41, 5.74) is 0. The molecule has 0 N–H and O–H groups in total. The van der Waals surface area contributed by atoms with E-state index >= 15 is 0 Å². The van der Waals surface area contributed by atoms with Crippen LogP contribution in [0.25, 0.3) is 0 Å². The second kappa shape index (κ2) is 5.48. The number of halogens is 1. The first-order valence-corrected chi connectivity index (χ1v) is 7.21. The first-order chi connectivity index (χ1) is 7.03. The zero-order chi connectivity index (χ0) is 11.5. The lowest BCUT2D eigenvalue weighted by atomic mass is 10.1. The summed E-state index contributed by atoms with van der Waals surface area (Å²) >= 11 is 5.80. The summed E-state index contributed by atoms with van der Waals surface area (Å²) in [4.78, 5) is 0. The van der Waals surface area contributed by atoms with Crippen LogP contribution in [0.3, 0.4) is 0 Å². The molecular formula is C9H18ClNO3S. The number of sulfonamides is 1. The molecule has 1 aliphatic rings. The Kier molecular flexibility index (Phi) is 4.83. The Bertz CT molecular complexity index is 294. The average molecular weight is 256 g/mol. The van der Waals surface area contributed by atoms with Gasteiger partial charge in [-0.1, -0.05) is 6.92 Å². The minimum absolute atomic E-state index is 0.0452. The van der Waals surface area contributed by atoms with E-state index in [1.165, 1.54) is 11.4 Å². The van der Waals surface area contributed by atoms with Crippen molar-refractivity contribution in [3.63, 3.8) is 0 Å². The molecule has 0 aromatic carbocycles. The van der Waals surface area contributed by atoms with Gasteiger partial charge in [0.05, 0.1) is 12.4 Å². The number of alkyl halides is 1. The molecule has 0 aromatic heterocycles. The maximum absolute atomic E-state index is 11.9. The number of rotatable bonds is 5. The molecule has 15 heavy (non-hydrogen) atoms. The molecule has 1 aliphatic heterocycles. The second-order valence-electron chi connectivity index (χ2n) is 3.91. The predicted octanol–water partition coefficient (Wildman–Crippen LogP) is 0.912. The molecule has 4 nitrogen and oxygen atoms in total. The number of ether oxygens (including phenoxy) is 1. The van der Waals surface area contributed by atoms with Crippen LogP contribution in [0, 0.1) is 5.92 Å². The molecule has 1 fully saturated rings. The van der Waals surface area contributed by atoms with Crippen LogP contribution in [0.5, 0.6) is 0 Å². The lowest BCUT2D eigenvalue weighted by Gasteiger charge is -2.24. The highest BCUT2D eigenvalue weighted by atomic mass is 35.5. The molecule has 2 atom stereocenters. The summed E-state index contributed by atoms with van der Waals surface area (Å²) in [6.07, 6.45) is 0.892. The van der Waals surface area contributed by atoms with Gasteiger partial charge in [0, 0.05) is 25.6 Å². The number of methoxy groups -OCH3 is 1. The molecule has 1 heterocycles. The van der Waals surface area contributed by atoms with Crippen LogP contribution < -0.4 is 0 Å². The van der Waals surface area contributed by atoms with Crippen LogP contribution in [0.15, 0.2) is 0 Å². The minimum atomic E-state index is -3.19. The highest BCUT2D eigenvalue weighted by Gasteiger charge is 2.37. The van der Waals surface area contributed by atoms with Crippen molar-refractivity contribution in [1.82, 2.24) is 4.31 Å². The summed E-state index contributed by atoms with van der Waals surface area (Å²) in [6, 6.07) is -0.0477. The SMILES string of the molecule is COCCS(=O)(=O)N1CCC(C)C1CCl. The van der Waals surface area contributed by atoms with E-state index in [1.54, 1.807) is 0 Å². The van der Waals surface area contributed by atoms with Crippen molar-refractivity contribution in [3.8, 4) is 0 Å². The molecule has 6 heteroatoms. The van der Waals surface area contributed by atoms with Crippen LogP contribution in [-0.4, -0.2) is 50.7 Å². The molecule has 0 spiro atoms. The Labute approximate surface area is 96.6 Å². The third-order valence-electron chi connectivity index (χ3n) is 2.89. The number of nitrogens with zero attached hydrogens (tertiary/aromatic N) is 1. The standard InChI is InChI=1S/C9H18ClNO3S/c1-8-3-4-11(9(8)7-10)15(12,13)6-5-14-2/h8-9H,3-7H2,1-2H3. The Balaban J connectivity index is 2.70. The van der Waals surface area contributed by atoms with Gasteiger partial charge in [0.15, 0.2) is 0 Å². The Morgan fingerprint density at radius 2 is 2.20 bits per heavy atom. The highest BCUT2D eigenvalue weighted by Crippen LogP contribution is 2.27. The van der Waals surface area contributed by atoms with Gasteiger partial charge in [-0.2, -0.15) is 4.31 Å². The van der Waals surface area contributed by atoms with Crippen molar-refractivity contribution in [2.24, 2.45) is 5.92 Å². The first-order valence-electron chi connectivity index (χ1n) is 5.07. The largest absolute Gasteiger partial charge is 0.384 e. The number of hydrogen-bond donors (Lipinski definition) is 0. The van der Waals surface area contributed by atoms with Gasteiger partial charge >= 0.3 is 0 Å². The van der Waals surface area contributed by atoms with Gasteiger partial charge in [-0.05, 0) is 12.3 Å². The van der Waals surface area contributed by atoms with Crippen molar-refractivity contribution in [3.05, 3.63) is 0 Å². The Morgan fingerprint density at radius 1 is 1.53 bits per heavy atom. The van der Waals surface area contributed by atoms with Gasteiger partial charge in [0.1, 0.15) is 0 Å². The summed E-state index contributed by atoms with van der Waals surface area (Å²) < 4.78 is 30.1. The van der Waals surface area contributed by atoms with Crippen molar-refractivity contribution in [2.45, 2.75) is 19.4 Å². The third-order valence-corrected chi connectivity index (χ3v) is 5.06. The quantitative estimate of drug-likeness (QED) is 0.686. The minimum Gasteiger partial charge on any atom is -0.384 e. The molecule has 90 valence electrons. The van der Waals surface area contributed by atoms with Crippen LogP contribution >= 0.6 is 11.6 Å². The fourth-order valence-corrected chi connectivity index (χ4v) is 4.10. The van der Waals surface area contributed by atoms with Crippen LogP contribution in [-0.2, 0) is 14.8 Å². The Morgan fingerprint density at radius 3 is 2.73 bits per heavy atom. The molecule has 1 saturated heterocycles. The van der Waals surface area contributed by atoms with Crippen LogP contribution in [0.2, 0.25) is 0 Å². The van der Waals surface area contributed by atoms with Crippen molar-refractivity contribution >= 4 is 21.6 Å². The zero-order valence-corrected chi connectivity index (χ0v) is 10.7. The zero-order valence-electron chi connectivity index (χ0n) is 9.15. The summed E-state index contributed by atoms with van der Waals surface area (Å²) in [6.45, 7) is 2.87. The summed E-state index contributed by atoms with van der Waals surface area (Å²) in [7, 11) is -1.69. The maximum atomic E-state index is 11.9. The highest BCUT2D eigenvalue weighted by molar-refractivity contribution is 7.89. The number of hydrogen-bond acceptors (Lipinski definition) is 3. The lowest BCUT2D eigenvalue weighted by Crippen LogP contribution is -2.40. The van der Waals surface area contributed by atoms with E-state index in [9.17, 15) is 8.42 Å². The molecule has 0 bridgehead atoms. The van der Waals surface area contributed by atoms with E-state index in [4.69, 9.17) is 16.3 Å². The Hall–Kier alpha value is 0.160. The topological polar surface area (TPSA) is 46.6 Å². The smallest absolute Gasteiger partial charge is 0.216 e. The van der Waals surface area contributed by atoms with Crippen LogP contribution in [0.4, 0.5) is 0 Å². The lowest BCUT2D eigenvalue weighted by molar-refractivity contribution is 0.215. The molecule has 1 rings (SSSR count). The molecule has 0 aliphatic carbocycles. The normalized spacial score (nSPS) is 28.5. The first kappa shape index (κ1) is 13.2. The molecule has 0 saturated carbocycles. The average Bonchev–Trinajstić information content (AvgIpc) is 2.57. The van der Waals surface area contributed by atoms with E-state index in [0.717, 1.165) is 6.42 Å². The second-order valence-corrected chi connectivity index (χ2v) is 6.26. The molecule has 2 unspecified atom stereocenters. The maximum Gasteiger partial charge on any atom is 0.216 e. The van der Waals surface area contributed by atoms with Gasteiger partial charge in [-0.15, -0.1) is 11.6 Å². The fourth-order valence-electron chi connectivity index (χ4n) is 1.85. The monoisotopic (exact) mass is 255 g/mol. The van der Waals surface area contributed by atoms with Crippen molar-refractivity contribution < 1.29 is 13.2 Å². The van der Waals surface area contributed by atoms with Gasteiger partial charge in [-0.25, -0.2) is 8.42 Å². The molecular weight excluding hydrogens is 238 g/mol. The van der Waals surface area contributed by atoms with E-state index < -0.39 is 10.0 Å². The van der Waals surface area contributed by atoms with Crippen molar-refractivity contribution in [2.75, 3.05) is 31.9 Å². The molecule has 0 aromatic rings. The summed E-state index contributed by atoms with van der Waals surface area (Å²) in [5.74, 6) is 0.761. The van der Waals surface area contributed by atoms with Gasteiger partial charge < -0.3 is 4.74 Å². The van der Waals surface area contributed by atoms with E-state index in [2.05, 4.69) is 0 Å².